The monoisotopic (exact) mass is 275 g/mol. The number of thiazole rings is 1. The van der Waals surface area contributed by atoms with Crippen LogP contribution in [0.1, 0.15) is 10.6 Å². The number of nitrogens with zero attached hydrogens (tertiary/aromatic N) is 2. The molecule has 2 heterocycles. The van der Waals surface area contributed by atoms with Gasteiger partial charge in [0.1, 0.15) is 5.82 Å². The molecule has 0 radical (unpaired) electrons. The highest BCUT2D eigenvalue weighted by atomic mass is 32.1. The first-order valence-electron chi connectivity index (χ1n) is 6.12. The molecule has 3 aromatic rings. The molecule has 5 heteroatoms. The Labute approximate surface area is 114 Å². The van der Waals surface area contributed by atoms with Gasteiger partial charge in [0.2, 0.25) is 0 Å². The first kappa shape index (κ1) is 12.3. The van der Waals surface area contributed by atoms with Gasteiger partial charge < -0.3 is 5.73 Å². The van der Waals surface area contributed by atoms with Crippen LogP contribution >= 0.6 is 11.3 Å². The Balaban J connectivity index is 2.23. The molecule has 0 fully saturated rings. The molecule has 0 aliphatic heterocycles. The normalized spacial score (nSPS) is 11.3. The lowest BCUT2D eigenvalue weighted by atomic mass is 10.1. The molecule has 0 spiro atoms. The summed E-state index contributed by atoms with van der Waals surface area (Å²) in [6.07, 6.45) is 2.65. The van der Waals surface area contributed by atoms with E-state index in [0.717, 1.165) is 28.3 Å². The van der Waals surface area contributed by atoms with Gasteiger partial charge in [-0.1, -0.05) is 0 Å². The van der Waals surface area contributed by atoms with Crippen molar-refractivity contribution >= 4 is 16.3 Å². The zero-order valence-corrected chi connectivity index (χ0v) is 11.4. The predicted octanol–water partition coefficient (Wildman–Crippen LogP) is 3.01. The highest BCUT2D eigenvalue weighted by Gasteiger charge is 2.15. The summed E-state index contributed by atoms with van der Waals surface area (Å²) in [4.78, 5) is 6.55. The predicted molar refractivity (Wildman–Crippen MR) is 76.0 cm³/mol. The maximum absolute atomic E-state index is 13.0. The molecule has 0 bridgehead atoms. The highest BCUT2D eigenvalue weighted by molar-refractivity contribution is 7.17. The summed E-state index contributed by atoms with van der Waals surface area (Å²) < 4.78 is 15.2. The van der Waals surface area contributed by atoms with E-state index in [9.17, 15) is 4.39 Å². The average molecular weight is 275 g/mol. The van der Waals surface area contributed by atoms with E-state index in [0.29, 0.717) is 6.54 Å². The second-order valence-corrected chi connectivity index (χ2v) is 5.60. The van der Waals surface area contributed by atoms with Gasteiger partial charge in [-0.15, -0.1) is 11.3 Å². The molecule has 98 valence electrons. The van der Waals surface area contributed by atoms with Crippen LogP contribution in [0.2, 0.25) is 0 Å². The third-order valence-electron chi connectivity index (χ3n) is 3.12. The largest absolute Gasteiger partial charge is 0.330 e. The van der Waals surface area contributed by atoms with Crippen molar-refractivity contribution in [2.75, 3.05) is 6.54 Å². The van der Waals surface area contributed by atoms with Crippen molar-refractivity contribution in [2.45, 2.75) is 13.3 Å². The molecule has 2 N–H and O–H groups in total. The highest BCUT2D eigenvalue weighted by Crippen LogP contribution is 2.32. The molecule has 0 aliphatic carbocycles. The summed E-state index contributed by atoms with van der Waals surface area (Å²) in [5.74, 6) is -0.222. The van der Waals surface area contributed by atoms with Gasteiger partial charge in [0.15, 0.2) is 4.96 Å². The summed E-state index contributed by atoms with van der Waals surface area (Å²) in [6.45, 7) is 2.65. The number of hydrogen-bond donors (Lipinski definition) is 1. The topological polar surface area (TPSA) is 43.3 Å². The maximum Gasteiger partial charge on any atom is 0.194 e. The van der Waals surface area contributed by atoms with Crippen LogP contribution in [0.3, 0.4) is 0 Å². The number of rotatable bonds is 3. The van der Waals surface area contributed by atoms with Gasteiger partial charge >= 0.3 is 0 Å². The molecule has 0 saturated heterocycles. The summed E-state index contributed by atoms with van der Waals surface area (Å²) in [6, 6.07) is 6.57. The van der Waals surface area contributed by atoms with Crippen LogP contribution in [-0.4, -0.2) is 15.9 Å². The fourth-order valence-electron chi connectivity index (χ4n) is 2.29. The molecule has 19 heavy (non-hydrogen) atoms. The minimum atomic E-state index is -0.222. The molecule has 2 aromatic heterocycles. The lowest BCUT2D eigenvalue weighted by Crippen LogP contribution is -2.05. The van der Waals surface area contributed by atoms with Crippen molar-refractivity contribution < 1.29 is 4.39 Å². The third kappa shape index (κ3) is 2.05. The number of benzene rings is 1. The summed E-state index contributed by atoms with van der Waals surface area (Å²) >= 11 is 1.64. The lowest BCUT2D eigenvalue weighted by Gasteiger charge is -2.05. The number of imidazole rings is 1. The van der Waals surface area contributed by atoms with E-state index in [1.807, 2.05) is 6.20 Å². The van der Waals surface area contributed by atoms with Crippen LogP contribution in [0.15, 0.2) is 30.5 Å². The van der Waals surface area contributed by atoms with Gasteiger partial charge in [0, 0.05) is 17.0 Å². The van der Waals surface area contributed by atoms with E-state index in [-0.39, 0.29) is 5.82 Å². The second-order valence-electron chi connectivity index (χ2n) is 4.42. The first-order valence-corrected chi connectivity index (χ1v) is 6.94. The molecular weight excluding hydrogens is 261 g/mol. The number of fused-ring (bicyclic) bond motifs is 1. The Morgan fingerprint density at radius 3 is 2.74 bits per heavy atom. The van der Waals surface area contributed by atoms with Gasteiger partial charge in [-0.05, 0) is 43.3 Å². The van der Waals surface area contributed by atoms with Gasteiger partial charge in [-0.25, -0.2) is 9.37 Å². The van der Waals surface area contributed by atoms with Crippen molar-refractivity contribution in [3.8, 4) is 11.3 Å². The van der Waals surface area contributed by atoms with Crippen LogP contribution in [0.25, 0.3) is 16.2 Å². The molecule has 1 aromatic carbocycles. The molecule has 3 rings (SSSR count). The van der Waals surface area contributed by atoms with Gasteiger partial charge in [0.25, 0.3) is 0 Å². The zero-order chi connectivity index (χ0) is 13.4. The van der Waals surface area contributed by atoms with Crippen LogP contribution in [-0.2, 0) is 6.42 Å². The van der Waals surface area contributed by atoms with E-state index in [1.54, 1.807) is 23.5 Å². The van der Waals surface area contributed by atoms with Crippen molar-refractivity contribution in [3.63, 3.8) is 0 Å². The Kier molecular flexibility index (Phi) is 3.08. The Morgan fingerprint density at radius 2 is 2.05 bits per heavy atom. The third-order valence-corrected chi connectivity index (χ3v) is 4.09. The Morgan fingerprint density at radius 1 is 1.32 bits per heavy atom. The van der Waals surface area contributed by atoms with Crippen LogP contribution in [0, 0.1) is 12.7 Å². The SMILES string of the molecule is Cc1sc2ncc(CCN)n2c1-c1ccc(F)cc1. The van der Waals surface area contributed by atoms with Crippen molar-refractivity contribution in [3.05, 3.63) is 46.9 Å². The Bertz CT molecular complexity index is 712. The van der Waals surface area contributed by atoms with E-state index in [1.165, 1.54) is 17.0 Å². The summed E-state index contributed by atoms with van der Waals surface area (Å²) in [5.41, 5.74) is 8.82. The zero-order valence-electron chi connectivity index (χ0n) is 10.6. The number of hydrogen-bond acceptors (Lipinski definition) is 3. The maximum atomic E-state index is 13.0. The quantitative estimate of drug-likeness (QED) is 0.798. The Hall–Kier alpha value is -1.72. The van der Waals surface area contributed by atoms with Crippen LogP contribution in [0.5, 0.6) is 0 Å². The molecule has 0 unspecified atom stereocenters. The molecule has 3 nitrogen and oxygen atoms in total. The molecular formula is C14H14FN3S. The smallest absolute Gasteiger partial charge is 0.194 e. The average Bonchev–Trinajstić information content (AvgIpc) is 2.91. The van der Waals surface area contributed by atoms with E-state index in [2.05, 4.69) is 16.3 Å². The number of halogens is 1. The van der Waals surface area contributed by atoms with Gasteiger partial charge in [-0.3, -0.25) is 4.40 Å². The molecule has 0 saturated carbocycles. The van der Waals surface area contributed by atoms with Crippen LogP contribution in [0.4, 0.5) is 4.39 Å². The summed E-state index contributed by atoms with van der Waals surface area (Å²) in [5, 5.41) is 0. The minimum absolute atomic E-state index is 0.222. The molecule has 0 aliphatic rings. The lowest BCUT2D eigenvalue weighted by molar-refractivity contribution is 0.628. The minimum Gasteiger partial charge on any atom is -0.330 e. The number of aromatic nitrogens is 2. The fourth-order valence-corrected chi connectivity index (χ4v) is 3.27. The molecule has 0 atom stereocenters. The van der Waals surface area contributed by atoms with Crippen molar-refractivity contribution in [1.82, 2.24) is 9.38 Å². The standard InChI is InChI=1S/C14H14FN3S/c1-9-13(10-2-4-11(15)5-3-10)18-12(6-7-16)8-17-14(18)19-9/h2-5,8H,6-7,16H2,1H3. The van der Waals surface area contributed by atoms with Crippen molar-refractivity contribution in [2.24, 2.45) is 5.73 Å². The van der Waals surface area contributed by atoms with Gasteiger partial charge in [0.05, 0.1) is 11.9 Å². The fraction of sp³-hybridized carbons (Fsp3) is 0.214. The van der Waals surface area contributed by atoms with Crippen LogP contribution < -0.4 is 5.73 Å². The van der Waals surface area contributed by atoms with E-state index >= 15 is 0 Å². The first-order chi connectivity index (χ1) is 9.20. The number of nitrogens with two attached hydrogens (primary N) is 1. The van der Waals surface area contributed by atoms with E-state index in [4.69, 9.17) is 5.73 Å². The van der Waals surface area contributed by atoms with Crippen molar-refractivity contribution in [1.29, 1.82) is 0 Å². The second kappa shape index (κ2) is 4.75. The number of aryl methyl sites for hydroxylation is 1. The van der Waals surface area contributed by atoms with E-state index < -0.39 is 0 Å². The van der Waals surface area contributed by atoms with Gasteiger partial charge in [-0.2, -0.15) is 0 Å². The summed E-state index contributed by atoms with van der Waals surface area (Å²) in [7, 11) is 0. The molecule has 0 amide bonds.